The molecule has 0 aliphatic carbocycles. The summed E-state index contributed by atoms with van der Waals surface area (Å²) in [5.74, 6) is 1.70. The second kappa shape index (κ2) is 13.4. The van der Waals surface area contributed by atoms with Gasteiger partial charge in [-0.05, 0) is 46.3 Å². The van der Waals surface area contributed by atoms with Crippen molar-refractivity contribution >= 4 is 29.9 Å². The van der Waals surface area contributed by atoms with Gasteiger partial charge in [0.05, 0.1) is 0 Å². The van der Waals surface area contributed by atoms with Crippen LogP contribution in [0.3, 0.4) is 0 Å². The number of halogens is 1. The largest absolute Gasteiger partial charge is 0.357 e. The van der Waals surface area contributed by atoms with Crippen LogP contribution in [0.1, 0.15) is 46.4 Å². The Bertz CT molecular complexity index is 457. The number of hydrogen-bond donors (Lipinski definition) is 2. The van der Waals surface area contributed by atoms with Crippen molar-refractivity contribution in [3.8, 4) is 0 Å². The minimum Gasteiger partial charge on any atom is -0.357 e. The smallest absolute Gasteiger partial charge is 0.191 e. The molecule has 1 unspecified atom stereocenters. The molecule has 1 heterocycles. The van der Waals surface area contributed by atoms with Crippen molar-refractivity contribution in [1.82, 2.24) is 30.3 Å². The summed E-state index contributed by atoms with van der Waals surface area (Å²) in [6, 6.07) is 0.392. The van der Waals surface area contributed by atoms with Gasteiger partial charge in [-0.1, -0.05) is 13.8 Å². The lowest BCUT2D eigenvalue weighted by molar-refractivity contribution is 0.292. The summed E-state index contributed by atoms with van der Waals surface area (Å²) in [7, 11) is 1.88. The van der Waals surface area contributed by atoms with E-state index in [1.165, 1.54) is 6.42 Å². The molecular weight excluding hydrogens is 417 g/mol. The first-order valence-electron chi connectivity index (χ1n) is 8.70. The lowest BCUT2D eigenvalue weighted by Crippen LogP contribution is -2.42. The van der Waals surface area contributed by atoms with Crippen LogP contribution in [0.15, 0.2) is 11.3 Å². The molecule has 24 heavy (non-hydrogen) atoms. The zero-order chi connectivity index (χ0) is 17.1. The van der Waals surface area contributed by atoms with E-state index in [1.54, 1.807) is 11.0 Å². The number of nitrogens with one attached hydrogen (secondary N) is 2. The highest BCUT2D eigenvalue weighted by Crippen LogP contribution is 2.00. The summed E-state index contributed by atoms with van der Waals surface area (Å²) in [5, 5.41) is 10.8. The Morgan fingerprint density at radius 1 is 1.33 bits per heavy atom. The Balaban J connectivity index is 0.00000529. The summed E-state index contributed by atoms with van der Waals surface area (Å²) in [5.41, 5.74) is 0. The van der Waals surface area contributed by atoms with Gasteiger partial charge >= 0.3 is 0 Å². The van der Waals surface area contributed by atoms with Crippen LogP contribution >= 0.6 is 24.0 Å². The number of hydrogen-bond acceptors (Lipinski definition) is 4. The molecule has 0 amide bonds. The molecule has 0 bridgehead atoms. The van der Waals surface area contributed by atoms with Crippen LogP contribution in [-0.2, 0) is 13.6 Å². The summed E-state index contributed by atoms with van der Waals surface area (Å²) < 4.78 is 1.75. The van der Waals surface area contributed by atoms with Crippen molar-refractivity contribution in [2.45, 2.75) is 53.1 Å². The average Bonchev–Trinajstić information content (AvgIpc) is 2.94. The van der Waals surface area contributed by atoms with Gasteiger partial charge in [-0.3, -0.25) is 4.68 Å². The fraction of sp³-hybridized carbons (Fsp3) is 0.812. The SMILES string of the molecule is CCNC(=NCc1ncnn1C)NC(C)CCCN(CC)CC.I. The van der Waals surface area contributed by atoms with Crippen LogP contribution in [-0.4, -0.2) is 57.8 Å². The van der Waals surface area contributed by atoms with Crippen molar-refractivity contribution in [2.24, 2.45) is 12.0 Å². The first-order valence-corrected chi connectivity index (χ1v) is 8.70. The van der Waals surface area contributed by atoms with Gasteiger partial charge < -0.3 is 15.5 Å². The van der Waals surface area contributed by atoms with Crippen molar-refractivity contribution in [2.75, 3.05) is 26.2 Å². The van der Waals surface area contributed by atoms with E-state index < -0.39 is 0 Å². The molecule has 0 saturated heterocycles. The molecule has 140 valence electrons. The monoisotopic (exact) mass is 451 g/mol. The first kappa shape index (κ1) is 23.1. The fourth-order valence-corrected chi connectivity index (χ4v) is 2.40. The Morgan fingerprint density at radius 2 is 2.04 bits per heavy atom. The topological polar surface area (TPSA) is 70.4 Å². The van der Waals surface area contributed by atoms with Crippen molar-refractivity contribution in [3.63, 3.8) is 0 Å². The predicted octanol–water partition coefficient (Wildman–Crippen LogP) is 2.00. The summed E-state index contributed by atoms with van der Waals surface area (Å²) >= 11 is 0. The fourth-order valence-electron chi connectivity index (χ4n) is 2.40. The molecule has 1 rings (SSSR count). The molecule has 0 aromatic carbocycles. The lowest BCUT2D eigenvalue weighted by atomic mass is 10.2. The average molecular weight is 451 g/mol. The maximum Gasteiger partial charge on any atom is 0.191 e. The zero-order valence-electron chi connectivity index (χ0n) is 15.7. The number of nitrogens with zero attached hydrogens (tertiary/aromatic N) is 5. The molecule has 8 heteroatoms. The van der Waals surface area contributed by atoms with Crippen LogP contribution < -0.4 is 10.6 Å². The van der Waals surface area contributed by atoms with Gasteiger partial charge in [-0.25, -0.2) is 9.98 Å². The quantitative estimate of drug-likeness (QED) is 0.324. The van der Waals surface area contributed by atoms with Crippen LogP contribution in [0.5, 0.6) is 0 Å². The molecule has 1 aromatic heterocycles. The van der Waals surface area contributed by atoms with Gasteiger partial charge in [0.25, 0.3) is 0 Å². The molecule has 0 saturated carbocycles. The maximum atomic E-state index is 4.59. The Labute approximate surface area is 163 Å². The first-order chi connectivity index (χ1) is 11.1. The van der Waals surface area contributed by atoms with Crippen LogP contribution in [0.4, 0.5) is 0 Å². The molecule has 2 N–H and O–H groups in total. The van der Waals surface area contributed by atoms with Crippen molar-refractivity contribution in [1.29, 1.82) is 0 Å². The van der Waals surface area contributed by atoms with E-state index in [-0.39, 0.29) is 24.0 Å². The minimum atomic E-state index is 0. The number of guanidine groups is 1. The normalized spacial score (nSPS) is 12.8. The molecule has 0 radical (unpaired) electrons. The predicted molar refractivity (Wildman–Crippen MR) is 111 cm³/mol. The third-order valence-corrected chi connectivity index (χ3v) is 3.92. The van der Waals surface area contributed by atoms with Gasteiger partial charge in [0.2, 0.25) is 0 Å². The van der Waals surface area contributed by atoms with Gasteiger partial charge in [0.15, 0.2) is 5.96 Å². The van der Waals surface area contributed by atoms with E-state index in [9.17, 15) is 0 Å². The lowest BCUT2D eigenvalue weighted by Gasteiger charge is -2.21. The molecule has 1 atom stereocenters. The van der Waals surface area contributed by atoms with Gasteiger partial charge in [0.1, 0.15) is 18.7 Å². The molecule has 7 nitrogen and oxygen atoms in total. The molecule has 0 fully saturated rings. The second-order valence-electron chi connectivity index (χ2n) is 5.71. The summed E-state index contributed by atoms with van der Waals surface area (Å²) in [6.07, 6.45) is 3.88. The Kier molecular flexibility index (Phi) is 12.9. The van der Waals surface area contributed by atoms with E-state index in [0.29, 0.717) is 12.6 Å². The molecule has 1 aromatic rings. The highest BCUT2D eigenvalue weighted by Gasteiger charge is 2.07. The van der Waals surface area contributed by atoms with E-state index in [1.807, 2.05) is 7.05 Å². The van der Waals surface area contributed by atoms with Crippen LogP contribution in [0, 0.1) is 0 Å². The molecule has 0 spiro atoms. The highest BCUT2D eigenvalue weighted by atomic mass is 127. The maximum absolute atomic E-state index is 4.59. The minimum absolute atomic E-state index is 0. The van der Waals surface area contributed by atoms with Gasteiger partial charge in [0, 0.05) is 19.6 Å². The van der Waals surface area contributed by atoms with Gasteiger partial charge in [-0.2, -0.15) is 5.10 Å². The second-order valence-corrected chi connectivity index (χ2v) is 5.71. The summed E-state index contributed by atoms with van der Waals surface area (Å²) in [6.45, 7) is 13.5. The number of rotatable bonds is 10. The van der Waals surface area contributed by atoms with Crippen molar-refractivity contribution < 1.29 is 0 Å². The third kappa shape index (κ3) is 8.81. The number of aliphatic imine (C=N–C) groups is 1. The van der Waals surface area contributed by atoms with Crippen LogP contribution in [0.2, 0.25) is 0 Å². The summed E-state index contributed by atoms with van der Waals surface area (Å²) in [4.78, 5) is 11.2. The number of aromatic nitrogens is 3. The zero-order valence-corrected chi connectivity index (χ0v) is 18.1. The van der Waals surface area contributed by atoms with Crippen molar-refractivity contribution in [3.05, 3.63) is 12.2 Å². The van der Waals surface area contributed by atoms with E-state index in [4.69, 9.17) is 0 Å². The molecular formula is C16H34IN7. The van der Waals surface area contributed by atoms with E-state index in [0.717, 1.165) is 44.4 Å². The number of aryl methyl sites for hydroxylation is 1. The molecule has 0 aliphatic heterocycles. The standard InChI is InChI=1S/C16H33N7.HI/c1-6-17-16(18-12-15-19-13-20-22(15)5)21-14(4)10-9-11-23(7-2)8-3;/h13-14H,6-12H2,1-5H3,(H2,17,18,21);1H. The van der Waals surface area contributed by atoms with E-state index in [2.05, 4.69) is 58.3 Å². The Hall–Kier alpha value is -0.900. The van der Waals surface area contributed by atoms with Gasteiger partial charge in [-0.15, -0.1) is 24.0 Å². The Morgan fingerprint density at radius 3 is 2.58 bits per heavy atom. The van der Waals surface area contributed by atoms with Crippen LogP contribution in [0.25, 0.3) is 0 Å². The highest BCUT2D eigenvalue weighted by molar-refractivity contribution is 14.0. The third-order valence-electron chi connectivity index (χ3n) is 3.92. The molecule has 0 aliphatic rings. The van der Waals surface area contributed by atoms with E-state index >= 15 is 0 Å².